The Labute approximate surface area is 185 Å². The number of carbonyl (C=O) groups excluding carboxylic acids is 2. The smallest absolute Gasteiger partial charge is 0.242 e. The SMILES string of the molecule is COc1ccccc1N=C1SC(CC(=O)Nc2ccccc2F)C(=O)N1CCN(C)C. The minimum Gasteiger partial charge on any atom is -0.494 e. The van der Waals surface area contributed by atoms with Gasteiger partial charge in [0.25, 0.3) is 0 Å². The average molecular weight is 445 g/mol. The molecule has 0 radical (unpaired) electrons. The van der Waals surface area contributed by atoms with E-state index in [9.17, 15) is 14.0 Å². The van der Waals surface area contributed by atoms with Crippen LogP contribution in [0.15, 0.2) is 53.5 Å². The van der Waals surface area contributed by atoms with Crippen LogP contribution in [-0.4, -0.2) is 66.3 Å². The molecule has 2 amide bonds. The predicted octanol–water partition coefficient (Wildman–Crippen LogP) is 3.36. The first-order valence-electron chi connectivity index (χ1n) is 9.78. The summed E-state index contributed by atoms with van der Waals surface area (Å²) in [6, 6.07) is 13.2. The number of amidine groups is 1. The third kappa shape index (κ3) is 5.83. The lowest BCUT2D eigenvalue weighted by Crippen LogP contribution is -2.38. The molecule has 0 aliphatic carbocycles. The van der Waals surface area contributed by atoms with Crippen LogP contribution >= 0.6 is 11.8 Å². The molecule has 0 saturated carbocycles. The highest BCUT2D eigenvalue weighted by Gasteiger charge is 2.39. The summed E-state index contributed by atoms with van der Waals surface area (Å²) in [5.41, 5.74) is 0.696. The van der Waals surface area contributed by atoms with Crippen molar-refractivity contribution in [1.82, 2.24) is 9.80 Å². The number of amides is 2. The van der Waals surface area contributed by atoms with Gasteiger partial charge in [0.05, 0.1) is 12.8 Å². The van der Waals surface area contributed by atoms with Gasteiger partial charge < -0.3 is 15.0 Å². The first-order chi connectivity index (χ1) is 14.9. The highest BCUT2D eigenvalue weighted by molar-refractivity contribution is 8.15. The van der Waals surface area contributed by atoms with E-state index >= 15 is 0 Å². The molecule has 31 heavy (non-hydrogen) atoms. The van der Waals surface area contributed by atoms with Gasteiger partial charge in [-0.25, -0.2) is 9.38 Å². The van der Waals surface area contributed by atoms with Crippen molar-refractivity contribution in [2.75, 3.05) is 39.6 Å². The number of likely N-dealkylation sites (N-methyl/N-ethyl adjacent to an activating group) is 1. The highest BCUT2D eigenvalue weighted by atomic mass is 32.2. The second-order valence-corrected chi connectivity index (χ2v) is 8.37. The molecule has 1 heterocycles. The van der Waals surface area contributed by atoms with Gasteiger partial charge in [-0.2, -0.15) is 0 Å². The molecule has 1 aliphatic heterocycles. The maximum atomic E-state index is 13.8. The number of thioether (sulfide) groups is 1. The van der Waals surface area contributed by atoms with Crippen LogP contribution in [0.1, 0.15) is 6.42 Å². The monoisotopic (exact) mass is 444 g/mol. The zero-order chi connectivity index (χ0) is 22.4. The molecule has 0 aromatic heterocycles. The molecule has 0 bridgehead atoms. The molecule has 3 rings (SSSR count). The van der Waals surface area contributed by atoms with Crippen molar-refractivity contribution in [3.05, 3.63) is 54.3 Å². The summed E-state index contributed by atoms with van der Waals surface area (Å²) in [5.74, 6) is -0.546. The molecule has 0 spiro atoms. The molecule has 1 atom stereocenters. The lowest BCUT2D eigenvalue weighted by atomic mass is 10.2. The number of para-hydroxylation sites is 3. The zero-order valence-electron chi connectivity index (χ0n) is 17.7. The first-order valence-corrected chi connectivity index (χ1v) is 10.7. The van der Waals surface area contributed by atoms with Crippen molar-refractivity contribution < 1.29 is 18.7 Å². The van der Waals surface area contributed by atoms with E-state index < -0.39 is 17.0 Å². The van der Waals surface area contributed by atoms with Crippen LogP contribution < -0.4 is 10.1 Å². The Bertz CT molecular complexity index is 983. The highest BCUT2D eigenvalue weighted by Crippen LogP contribution is 2.34. The number of rotatable bonds is 8. The summed E-state index contributed by atoms with van der Waals surface area (Å²) in [6.45, 7) is 1.09. The predicted molar refractivity (Wildman–Crippen MR) is 121 cm³/mol. The van der Waals surface area contributed by atoms with Crippen molar-refractivity contribution >= 4 is 40.1 Å². The van der Waals surface area contributed by atoms with E-state index in [0.717, 1.165) is 0 Å². The Morgan fingerprint density at radius 2 is 1.94 bits per heavy atom. The lowest BCUT2D eigenvalue weighted by molar-refractivity contribution is -0.128. The van der Waals surface area contributed by atoms with E-state index in [1.165, 1.54) is 23.9 Å². The van der Waals surface area contributed by atoms with Gasteiger partial charge in [-0.15, -0.1) is 0 Å². The lowest BCUT2D eigenvalue weighted by Gasteiger charge is -2.19. The van der Waals surface area contributed by atoms with Crippen molar-refractivity contribution in [1.29, 1.82) is 0 Å². The molecule has 164 valence electrons. The molecule has 1 fully saturated rings. The van der Waals surface area contributed by atoms with Crippen molar-refractivity contribution in [3.8, 4) is 5.75 Å². The van der Waals surface area contributed by atoms with E-state index in [1.54, 1.807) is 36.3 Å². The summed E-state index contributed by atoms with van der Waals surface area (Å²) in [6.07, 6.45) is -0.0821. The molecule has 1 saturated heterocycles. The van der Waals surface area contributed by atoms with Crippen LogP contribution in [0, 0.1) is 5.82 Å². The zero-order valence-corrected chi connectivity index (χ0v) is 18.5. The number of aliphatic imine (C=N–C) groups is 1. The molecule has 7 nitrogen and oxygen atoms in total. The van der Waals surface area contributed by atoms with Crippen LogP contribution in [0.25, 0.3) is 0 Å². The van der Waals surface area contributed by atoms with E-state index in [1.807, 2.05) is 31.1 Å². The fourth-order valence-electron chi connectivity index (χ4n) is 2.99. The van der Waals surface area contributed by atoms with Crippen LogP contribution in [0.4, 0.5) is 15.8 Å². The summed E-state index contributed by atoms with van der Waals surface area (Å²) in [7, 11) is 5.40. The number of anilines is 1. The first kappa shape index (κ1) is 22.8. The van der Waals surface area contributed by atoms with Gasteiger partial charge in [-0.1, -0.05) is 36.0 Å². The van der Waals surface area contributed by atoms with Crippen LogP contribution in [-0.2, 0) is 9.59 Å². The number of ether oxygens (including phenoxy) is 1. The molecule has 1 unspecified atom stereocenters. The Kier molecular flexibility index (Phi) is 7.64. The van der Waals surface area contributed by atoms with Crippen molar-refractivity contribution in [2.45, 2.75) is 11.7 Å². The Balaban J connectivity index is 1.79. The van der Waals surface area contributed by atoms with Crippen molar-refractivity contribution in [2.24, 2.45) is 4.99 Å². The molecular weight excluding hydrogens is 419 g/mol. The number of benzene rings is 2. The van der Waals surface area contributed by atoms with Gasteiger partial charge in [-0.05, 0) is 38.4 Å². The molecule has 1 N–H and O–H groups in total. The van der Waals surface area contributed by atoms with Gasteiger partial charge in [0.2, 0.25) is 11.8 Å². The maximum absolute atomic E-state index is 13.8. The normalized spacial score (nSPS) is 17.5. The topological polar surface area (TPSA) is 74.2 Å². The Morgan fingerprint density at radius 1 is 1.23 bits per heavy atom. The van der Waals surface area contributed by atoms with Crippen LogP contribution in [0.5, 0.6) is 5.75 Å². The van der Waals surface area contributed by atoms with Gasteiger partial charge in [0.15, 0.2) is 5.17 Å². The fraction of sp³-hybridized carbons (Fsp3) is 0.318. The van der Waals surface area contributed by atoms with E-state index in [4.69, 9.17) is 4.74 Å². The number of nitrogens with zero attached hydrogens (tertiary/aromatic N) is 3. The fourth-order valence-corrected chi connectivity index (χ4v) is 4.17. The van der Waals surface area contributed by atoms with E-state index in [-0.39, 0.29) is 18.0 Å². The average Bonchev–Trinajstić information content (AvgIpc) is 3.02. The third-order valence-electron chi connectivity index (χ3n) is 4.61. The number of methoxy groups -OCH3 is 1. The van der Waals surface area contributed by atoms with Crippen LogP contribution in [0.3, 0.4) is 0 Å². The third-order valence-corrected chi connectivity index (χ3v) is 5.79. The molecule has 2 aromatic carbocycles. The Morgan fingerprint density at radius 3 is 2.65 bits per heavy atom. The molecular formula is C22H25FN4O3S. The molecule has 2 aromatic rings. The number of halogens is 1. The Hall–Kier alpha value is -2.91. The number of nitrogens with one attached hydrogen (secondary N) is 1. The van der Waals surface area contributed by atoms with Gasteiger partial charge in [0, 0.05) is 19.5 Å². The van der Waals surface area contributed by atoms with Gasteiger partial charge >= 0.3 is 0 Å². The van der Waals surface area contributed by atoms with Crippen LogP contribution in [0.2, 0.25) is 0 Å². The quantitative estimate of drug-likeness (QED) is 0.676. The van der Waals surface area contributed by atoms with E-state index in [0.29, 0.717) is 29.7 Å². The van der Waals surface area contributed by atoms with E-state index in [2.05, 4.69) is 10.3 Å². The number of carbonyl (C=O) groups is 2. The summed E-state index contributed by atoms with van der Waals surface area (Å²) in [4.78, 5) is 33.7. The molecule has 9 heteroatoms. The summed E-state index contributed by atoms with van der Waals surface area (Å²) in [5, 5.41) is 2.42. The minimum atomic E-state index is -0.637. The summed E-state index contributed by atoms with van der Waals surface area (Å²) >= 11 is 1.23. The minimum absolute atomic E-state index is 0.0821. The summed E-state index contributed by atoms with van der Waals surface area (Å²) < 4.78 is 19.2. The second-order valence-electron chi connectivity index (χ2n) is 7.20. The van der Waals surface area contributed by atoms with Crippen molar-refractivity contribution in [3.63, 3.8) is 0 Å². The van der Waals surface area contributed by atoms with Gasteiger partial charge in [0.1, 0.15) is 22.5 Å². The van der Waals surface area contributed by atoms with Gasteiger partial charge in [-0.3, -0.25) is 14.5 Å². The standard InChI is InChI=1S/C22H25FN4O3S/c1-26(2)12-13-27-21(29)19(14-20(28)24-16-9-5-4-8-15(16)23)31-22(27)25-17-10-6-7-11-18(17)30-3/h4-11,19H,12-14H2,1-3H3,(H,24,28). The molecule has 1 aliphatic rings. The second kappa shape index (κ2) is 10.4. The maximum Gasteiger partial charge on any atom is 0.242 e. The largest absolute Gasteiger partial charge is 0.494 e. The number of hydrogen-bond acceptors (Lipinski definition) is 6. The number of hydrogen-bond donors (Lipinski definition) is 1.